The van der Waals surface area contributed by atoms with Gasteiger partial charge in [-0.2, -0.15) is 0 Å². The Balaban J connectivity index is 0.000000162. The van der Waals surface area contributed by atoms with Gasteiger partial charge < -0.3 is 14.9 Å². The summed E-state index contributed by atoms with van der Waals surface area (Å²) in [6.45, 7) is 1.28. The van der Waals surface area contributed by atoms with Crippen LogP contribution in [-0.2, 0) is 13.1 Å². The number of nitrogens with zero attached hydrogens (tertiary/aromatic N) is 7. The summed E-state index contributed by atoms with van der Waals surface area (Å²) in [6, 6.07) is 22.2. The van der Waals surface area contributed by atoms with Crippen LogP contribution >= 0.6 is 0 Å². The van der Waals surface area contributed by atoms with Crippen LogP contribution in [0.1, 0.15) is 11.1 Å². The number of pyridine rings is 2. The van der Waals surface area contributed by atoms with Gasteiger partial charge in [-0.3, -0.25) is 20.1 Å². The van der Waals surface area contributed by atoms with Crippen LogP contribution in [0, 0.1) is 10.1 Å². The predicted molar refractivity (Wildman–Crippen MR) is 153 cm³/mol. The maximum Gasteiger partial charge on any atom is 0.269 e. The van der Waals surface area contributed by atoms with Crippen molar-refractivity contribution in [3.8, 4) is 22.8 Å². The lowest BCUT2D eigenvalue weighted by atomic mass is 10.2. The molecular weight excluding hydrogens is 504 g/mol. The summed E-state index contributed by atoms with van der Waals surface area (Å²) >= 11 is 0. The molecule has 0 unspecified atom stereocenters. The molecule has 6 rings (SSSR count). The largest absolute Gasteiger partial charge is 0.399 e. The number of imidazole rings is 2. The van der Waals surface area contributed by atoms with Crippen LogP contribution in [-0.4, -0.2) is 34.0 Å². The Hall–Kier alpha value is -5.64. The van der Waals surface area contributed by atoms with E-state index >= 15 is 0 Å². The Morgan fingerprint density at radius 1 is 0.675 bits per heavy atom. The van der Waals surface area contributed by atoms with Crippen molar-refractivity contribution in [3.63, 3.8) is 0 Å². The summed E-state index contributed by atoms with van der Waals surface area (Å²) in [6.07, 6.45) is 14.3. The van der Waals surface area contributed by atoms with E-state index in [0.717, 1.165) is 46.1 Å². The number of rotatable bonds is 7. The van der Waals surface area contributed by atoms with Crippen LogP contribution in [0.2, 0.25) is 0 Å². The van der Waals surface area contributed by atoms with Gasteiger partial charge in [-0.25, -0.2) is 9.97 Å². The highest BCUT2D eigenvalue weighted by molar-refractivity contribution is 5.55. The first-order chi connectivity index (χ1) is 19.6. The van der Waals surface area contributed by atoms with E-state index in [-0.39, 0.29) is 10.6 Å². The molecule has 0 aliphatic carbocycles. The first-order valence-corrected chi connectivity index (χ1v) is 12.5. The van der Waals surface area contributed by atoms with Gasteiger partial charge in [-0.05, 0) is 47.5 Å². The number of hydrogen-bond donors (Lipinski definition) is 1. The van der Waals surface area contributed by atoms with E-state index < -0.39 is 0 Å². The molecule has 0 radical (unpaired) electrons. The highest BCUT2D eigenvalue weighted by Crippen LogP contribution is 2.20. The maximum atomic E-state index is 10.8. The second-order valence-corrected chi connectivity index (χ2v) is 8.90. The zero-order valence-corrected chi connectivity index (χ0v) is 21.5. The molecule has 0 aliphatic heterocycles. The standard InChI is InChI=1S/C15H12N4O2.C15H14N4/c20-19(21)14-3-1-2-12(10-14)11-18-9-8-17-15(18)13-4-6-16-7-5-13;16-14-3-1-2-12(10-14)11-19-9-8-18-15(19)13-4-6-17-7-5-13/h1-10H,11H2;1-10H,11,16H2. The lowest BCUT2D eigenvalue weighted by Crippen LogP contribution is -2.01. The minimum atomic E-state index is -0.388. The van der Waals surface area contributed by atoms with E-state index in [1.807, 2.05) is 71.7 Å². The van der Waals surface area contributed by atoms with Crippen LogP contribution in [0.25, 0.3) is 22.8 Å². The smallest absolute Gasteiger partial charge is 0.269 e. The van der Waals surface area contributed by atoms with E-state index in [1.165, 1.54) is 6.07 Å². The molecule has 10 nitrogen and oxygen atoms in total. The van der Waals surface area contributed by atoms with Crippen molar-refractivity contribution in [1.82, 2.24) is 29.1 Å². The van der Waals surface area contributed by atoms with Crippen molar-refractivity contribution in [2.75, 3.05) is 5.73 Å². The van der Waals surface area contributed by atoms with Gasteiger partial charge in [0, 0.05) is 91.6 Å². The van der Waals surface area contributed by atoms with E-state index in [2.05, 4.69) is 30.6 Å². The molecule has 2 aromatic carbocycles. The number of hydrogen-bond acceptors (Lipinski definition) is 7. The average Bonchev–Trinajstić information content (AvgIpc) is 3.64. The first kappa shape index (κ1) is 26.0. The third-order valence-electron chi connectivity index (χ3n) is 6.09. The minimum Gasteiger partial charge on any atom is -0.399 e. The molecule has 0 atom stereocenters. The molecule has 0 spiro atoms. The Labute approximate surface area is 230 Å². The molecule has 10 heteroatoms. The fourth-order valence-electron chi connectivity index (χ4n) is 4.25. The molecular formula is C30H26N8O2. The number of non-ortho nitro benzene ring substituents is 1. The number of nitrogens with two attached hydrogens (primary N) is 1. The van der Waals surface area contributed by atoms with E-state index in [0.29, 0.717) is 6.54 Å². The van der Waals surface area contributed by atoms with Crippen molar-refractivity contribution < 1.29 is 4.92 Å². The second-order valence-electron chi connectivity index (χ2n) is 8.90. The van der Waals surface area contributed by atoms with E-state index in [1.54, 1.807) is 43.1 Å². The summed E-state index contributed by atoms with van der Waals surface area (Å²) in [7, 11) is 0. The van der Waals surface area contributed by atoms with Gasteiger partial charge in [0.15, 0.2) is 0 Å². The number of nitrogen functional groups attached to an aromatic ring is 1. The number of nitro benzene ring substituents is 1. The Morgan fingerprint density at radius 3 is 1.68 bits per heavy atom. The van der Waals surface area contributed by atoms with Gasteiger partial charge in [0.25, 0.3) is 5.69 Å². The van der Waals surface area contributed by atoms with Crippen LogP contribution < -0.4 is 5.73 Å². The fourth-order valence-corrected chi connectivity index (χ4v) is 4.25. The molecule has 4 heterocycles. The molecule has 6 aromatic rings. The predicted octanol–water partition coefficient (Wildman–Crippen LogP) is 5.48. The quantitative estimate of drug-likeness (QED) is 0.164. The molecule has 0 saturated carbocycles. The van der Waals surface area contributed by atoms with Gasteiger partial charge in [0.05, 0.1) is 4.92 Å². The molecule has 0 amide bonds. The summed E-state index contributed by atoms with van der Waals surface area (Å²) < 4.78 is 4.05. The van der Waals surface area contributed by atoms with Crippen LogP contribution in [0.4, 0.5) is 11.4 Å². The summed E-state index contributed by atoms with van der Waals surface area (Å²) in [5.41, 5.74) is 10.7. The maximum absolute atomic E-state index is 10.8. The van der Waals surface area contributed by atoms with Crippen molar-refractivity contribution >= 4 is 11.4 Å². The molecule has 198 valence electrons. The molecule has 2 N–H and O–H groups in total. The monoisotopic (exact) mass is 530 g/mol. The van der Waals surface area contributed by atoms with Crippen molar-refractivity contribution in [2.45, 2.75) is 13.1 Å². The summed E-state index contributed by atoms with van der Waals surface area (Å²) in [4.78, 5) is 27.2. The SMILES string of the molecule is Nc1cccc(Cn2ccnc2-c2ccncc2)c1.O=[N+]([O-])c1cccc(Cn2ccnc2-c2ccncc2)c1. The molecule has 4 aromatic heterocycles. The molecule has 0 bridgehead atoms. The molecule has 0 aliphatic rings. The number of anilines is 1. The lowest BCUT2D eigenvalue weighted by Gasteiger charge is -2.08. The molecule has 0 fully saturated rings. The average molecular weight is 531 g/mol. The minimum absolute atomic E-state index is 0.0954. The number of aromatic nitrogens is 6. The molecule has 40 heavy (non-hydrogen) atoms. The Bertz CT molecular complexity index is 1700. The van der Waals surface area contributed by atoms with Gasteiger partial charge in [0.1, 0.15) is 11.6 Å². The van der Waals surface area contributed by atoms with Gasteiger partial charge in [-0.1, -0.05) is 24.3 Å². The topological polar surface area (TPSA) is 131 Å². The van der Waals surface area contributed by atoms with Gasteiger partial charge >= 0.3 is 0 Å². The highest BCUT2D eigenvalue weighted by atomic mass is 16.6. The lowest BCUT2D eigenvalue weighted by molar-refractivity contribution is -0.384. The fraction of sp³-hybridized carbons (Fsp3) is 0.0667. The van der Waals surface area contributed by atoms with Crippen LogP contribution in [0.3, 0.4) is 0 Å². The Morgan fingerprint density at radius 2 is 1.18 bits per heavy atom. The van der Waals surface area contributed by atoms with Gasteiger partial charge in [-0.15, -0.1) is 0 Å². The second kappa shape index (κ2) is 12.3. The Kier molecular flexibility index (Phi) is 7.97. The summed E-state index contributed by atoms with van der Waals surface area (Å²) in [5, 5.41) is 10.8. The summed E-state index contributed by atoms with van der Waals surface area (Å²) in [5.74, 6) is 1.74. The van der Waals surface area contributed by atoms with E-state index in [9.17, 15) is 10.1 Å². The third kappa shape index (κ3) is 6.43. The number of nitro groups is 1. The van der Waals surface area contributed by atoms with Crippen LogP contribution in [0.5, 0.6) is 0 Å². The van der Waals surface area contributed by atoms with Crippen molar-refractivity contribution in [2.24, 2.45) is 0 Å². The number of benzene rings is 2. The van der Waals surface area contributed by atoms with Crippen LogP contribution in [0.15, 0.2) is 122 Å². The normalized spacial score (nSPS) is 10.5. The zero-order chi connectivity index (χ0) is 27.7. The first-order valence-electron chi connectivity index (χ1n) is 12.5. The molecule has 0 saturated heterocycles. The van der Waals surface area contributed by atoms with Gasteiger partial charge in [0.2, 0.25) is 0 Å². The zero-order valence-electron chi connectivity index (χ0n) is 21.5. The third-order valence-corrected chi connectivity index (χ3v) is 6.09. The van der Waals surface area contributed by atoms with Crippen molar-refractivity contribution in [3.05, 3.63) is 144 Å². The highest BCUT2D eigenvalue weighted by Gasteiger charge is 2.10. The van der Waals surface area contributed by atoms with E-state index in [4.69, 9.17) is 5.73 Å². The van der Waals surface area contributed by atoms with Crippen molar-refractivity contribution in [1.29, 1.82) is 0 Å².